The van der Waals surface area contributed by atoms with E-state index in [4.69, 9.17) is 18.9 Å². The summed E-state index contributed by atoms with van der Waals surface area (Å²) >= 11 is 0. The number of hydrogen-bond acceptors (Lipinski definition) is 11. The molecule has 2 aliphatic heterocycles. The lowest BCUT2D eigenvalue weighted by Crippen LogP contribution is -2.62. The van der Waals surface area contributed by atoms with Crippen LogP contribution in [-0.2, 0) is 33.3 Å². The first-order chi connectivity index (χ1) is 22.6. The van der Waals surface area contributed by atoms with E-state index < -0.39 is 77.1 Å². The molecule has 0 aromatic heterocycles. The molecule has 6 rings (SSSR count). The molecule has 12 heteroatoms. The maximum absolute atomic E-state index is 14.0. The van der Waals surface area contributed by atoms with E-state index in [-0.39, 0.29) is 40.8 Å². The zero-order valence-electron chi connectivity index (χ0n) is 30.1. The third kappa shape index (κ3) is 5.17. The largest absolute Gasteiger partial charge is 0.481 e. The normalized spacial score (nSPS) is 48.1. The molecule has 0 radical (unpaired) electrons. The second-order valence-electron chi connectivity index (χ2n) is 17.8. The van der Waals surface area contributed by atoms with E-state index in [0.29, 0.717) is 25.7 Å². The van der Waals surface area contributed by atoms with Crippen LogP contribution in [0.4, 0.5) is 0 Å². The van der Waals surface area contributed by atoms with Gasteiger partial charge in [-0.2, -0.15) is 0 Å². The molecule has 0 aromatic rings. The van der Waals surface area contributed by atoms with Gasteiger partial charge >= 0.3 is 17.9 Å². The van der Waals surface area contributed by atoms with Crippen LogP contribution in [-0.4, -0.2) is 98.6 Å². The van der Waals surface area contributed by atoms with Gasteiger partial charge < -0.3 is 44.5 Å². The van der Waals surface area contributed by atoms with Crippen LogP contribution in [0.5, 0.6) is 0 Å². The summed E-state index contributed by atoms with van der Waals surface area (Å²) in [7, 11) is 0. The fourth-order valence-electron chi connectivity index (χ4n) is 11.7. The van der Waals surface area contributed by atoms with E-state index in [0.717, 1.165) is 24.8 Å². The minimum Gasteiger partial charge on any atom is -0.481 e. The molecule has 4 aliphatic carbocycles. The van der Waals surface area contributed by atoms with E-state index in [1.54, 1.807) is 6.92 Å². The first-order valence-corrected chi connectivity index (χ1v) is 17.9. The molecule has 5 fully saturated rings. The van der Waals surface area contributed by atoms with Crippen molar-refractivity contribution in [1.29, 1.82) is 0 Å². The molecule has 2 heterocycles. The lowest BCUT2D eigenvalue weighted by Gasteiger charge is -2.61. The summed E-state index contributed by atoms with van der Waals surface area (Å²) < 4.78 is 23.4. The van der Waals surface area contributed by atoms with Crippen LogP contribution < -0.4 is 0 Å². The molecule has 0 bridgehead atoms. The third-order valence-corrected chi connectivity index (χ3v) is 14.4. The Labute approximate surface area is 288 Å². The lowest BCUT2D eigenvalue weighted by molar-refractivity contribution is -0.300. The van der Waals surface area contributed by atoms with Crippen LogP contribution in [0.3, 0.4) is 0 Å². The van der Waals surface area contributed by atoms with Crippen LogP contribution in [0.2, 0.25) is 0 Å². The van der Waals surface area contributed by atoms with Crippen LogP contribution in [0.15, 0.2) is 11.6 Å². The summed E-state index contributed by atoms with van der Waals surface area (Å²) in [6.07, 6.45) is -0.534. The molecule has 0 amide bonds. The number of aliphatic hydroxyl groups is 4. The summed E-state index contributed by atoms with van der Waals surface area (Å²) in [5, 5.41) is 52.7. The predicted molar refractivity (Wildman–Crippen MR) is 173 cm³/mol. The van der Waals surface area contributed by atoms with E-state index >= 15 is 0 Å². The van der Waals surface area contributed by atoms with Crippen LogP contribution in [0.1, 0.15) is 100 Å². The molecule has 14 atom stereocenters. The highest BCUT2D eigenvalue weighted by molar-refractivity contribution is 5.84. The fourth-order valence-corrected chi connectivity index (χ4v) is 11.7. The Morgan fingerprint density at radius 3 is 2.33 bits per heavy atom. The molecule has 0 unspecified atom stereocenters. The molecule has 49 heavy (non-hydrogen) atoms. The molecule has 2 saturated heterocycles. The Balaban J connectivity index is 1.28. The summed E-state index contributed by atoms with van der Waals surface area (Å²) in [4.78, 5) is 39.6. The number of carboxylic acid groups (broad SMARTS) is 1. The van der Waals surface area contributed by atoms with Crippen molar-refractivity contribution in [2.75, 3.05) is 6.61 Å². The number of ether oxygens (including phenoxy) is 4. The third-order valence-electron chi connectivity index (χ3n) is 14.4. The molecule has 6 aliphatic rings. The smallest absolute Gasteiger partial charge is 0.314 e. The van der Waals surface area contributed by atoms with Crippen molar-refractivity contribution in [3.63, 3.8) is 0 Å². The average Bonchev–Trinajstić information content (AvgIpc) is 3.66. The second kappa shape index (κ2) is 11.7. The molecular weight excluding hydrogens is 636 g/mol. The molecule has 12 nitrogen and oxygen atoms in total. The Kier molecular flexibility index (Phi) is 8.77. The van der Waals surface area contributed by atoms with Gasteiger partial charge in [0, 0.05) is 12.3 Å². The van der Waals surface area contributed by atoms with E-state index in [1.807, 2.05) is 13.8 Å². The lowest BCUT2D eigenvalue weighted by atomic mass is 9.42. The number of hydrogen-bond donors (Lipinski definition) is 5. The van der Waals surface area contributed by atoms with E-state index in [1.165, 1.54) is 20.8 Å². The van der Waals surface area contributed by atoms with Crippen molar-refractivity contribution >= 4 is 17.9 Å². The highest BCUT2D eigenvalue weighted by Gasteiger charge is 2.81. The molecule has 0 aromatic carbocycles. The minimum atomic E-state index is -1.46. The summed E-state index contributed by atoms with van der Waals surface area (Å²) in [5.41, 5.74) is -3.71. The van der Waals surface area contributed by atoms with Gasteiger partial charge in [-0.05, 0) is 99.4 Å². The Morgan fingerprint density at radius 1 is 1.06 bits per heavy atom. The minimum absolute atomic E-state index is 0.131. The zero-order valence-corrected chi connectivity index (χ0v) is 30.1. The Morgan fingerprint density at radius 2 is 1.73 bits per heavy atom. The van der Waals surface area contributed by atoms with Crippen LogP contribution in [0.25, 0.3) is 0 Å². The van der Waals surface area contributed by atoms with E-state index in [2.05, 4.69) is 19.9 Å². The zero-order chi connectivity index (χ0) is 36.3. The SMILES string of the molecule is CC(=O)O[C@H]([C@H]1C[C@@H](C)[C@H]([C@@]2(C)CC[C@@]34C[C@@]35CC[C@H](O[C@@H]3OC[C@@H](O)[C@H](O)[C@H]3O)C(C)(C)[C@H]5CC=C4[C@]2(C)C(=O)O)C(=O)O1)C(C)(C)O. The van der Waals surface area contributed by atoms with Crippen molar-refractivity contribution in [2.45, 2.75) is 149 Å². The number of cyclic esters (lactones) is 1. The number of rotatable bonds is 7. The first kappa shape index (κ1) is 36.7. The maximum atomic E-state index is 14.0. The Hall–Kier alpha value is -2.09. The standard InChI is InChI=1S/C37H56O12/c1-18-15-21(28(33(5,6)45)47-19(2)38)48-29(42)25(18)34(7)13-14-37-17-36(37)12-11-24(49-30-27(41)26(40)20(39)16-46-30)32(3,4)22(36)9-10-23(37)35(34,8)31(43)44/h10,18,20-22,24-28,30,39-41,45H,9,11-17H2,1-8H3,(H,43,44)/t18-,20-,21-,22-,24+,25+,26+,27-,28-,30+,34-,35-,36-,37+/m1/s1. The number of carbonyl (C=O) groups is 3. The summed E-state index contributed by atoms with van der Waals surface area (Å²) in [6, 6.07) is 0. The summed E-state index contributed by atoms with van der Waals surface area (Å²) in [6.45, 7) is 14.1. The molecular formula is C37H56O12. The van der Waals surface area contributed by atoms with Crippen molar-refractivity contribution in [3.8, 4) is 0 Å². The number of carboxylic acids is 1. The number of allylic oxidation sites excluding steroid dienone is 1. The number of esters is 2. The molecule has 2 spiro atoms. The topological polar surface area (TPSA) is 189 Å². The Bertz CT molecular complexity index is 1400. The fraction of sp³-hybridized carbons (Fsp3) is 0.865. The average molecular weight is 693 g/mol. The first-order valence-electron chi connectivity index (χ1n) is 17.9. The van der Waals surface area contributed by atoms with Crippen molar-refractivity contribution in [1.82, 2.24) is 0 Å². The van der Waals surface area contributed by atoms with Crippen molar-refractivity contribution < 1.29 is 58.9 Å². The molecule has 276 valence electrons. The number of aliphatic carboxylic acids is 1. The quantitative estimate of drug-likeness (QED) is 0.194. The van der Waals surface area contributed by atoms with Gasteiger partial charge in [0.2, 0.25) is 0 Å². The second-order valence-corrected chi connectivity index (χ2v) is 17.8. The van der Waals surface area contributed by atoms with Gasteiger partial charge in [-0.15, -0.1) is 0 Å². The van der Waals surface area contributed by atoms with Crippen LogP contribution in [0, 0.1) is 44.8 Å². The highest BCUT2D eigenvalue weighted by Crippen LogP contribution is 2.86. The molecule has 5 N–H and O–H groups in total. The number of carbonyl (C=O) groups excluding carboxylic acids is 2. The van der Waals surface area contributed by atoms with Crippen molar-refractivity contribution in [2.24, 2.45) is 44.8 Å². The van der Waals surface area contributed by atoms with Gasteiger partial charge in [-0.25, -0.2) is 0 Å². The summed E-state index contributed by atoms with van der Waals surface area (Å²) in [5.74, 6) is -2.95. The predicted octanol–water partition coefficient (Wildman–Crippen LogP) is 3.11. The van der Waals surface area contributed by atoms with Crippen LogP contribution >= 0.6 is 0 Å². The van der Waals surface area contributed by atoms with Gasteiger partial charge in [0.1, 0.15) is 24.4 Å². The van der Waals surface area contributed by atoms with E-state index in [9.17, 15) is 39.9 Å². The monoisotopic (exact) mass is 692 g/mol. The van der Waals surface area contributed by atoms with Gasteiger partial charge in [0.25, 0.3) is 0 Å². The van der Waals surface area contributed by atoms with Crippen molar-refractivity contribution in [3.05, 3.63) is 11.6 Å². The molecule has 3 saturated carbocycles. The maximum Gasteiger partial charge on any atom is 0.314 e. The van der Waals surface area contributed by atoms with Gasteiger partial charge in [0.15, 0.2) is 12.4 Å². The van der Waals surface area contributed by atoms with Gasteiger partial charge in [-0.1, -0.05) is 33.8 Å². The highest BCUT2D eigenvalue weighted by atomic mass is 16.7. The number of aliphatic hydroxyl groups excluding tert-OH is 3. The van der Waals surface area contributed by atoms with Gasteiger partial charge in [0.05, 0.1) is 29.6 Å². The van der Waals surface area contributed by atoms with Gasteiger partial charge in [-0.3, -0.25) is 14.4 Å².